The summed E-state index contributed by atoms with van der Waals surface area (Å²) in [7, 11) is 0. The van der Waals surface area contributed by atoms with E-state index in [1.165, 1.54) is 0 Å². The molecule has 6 heteroatoms. The molecule has 40 heavy (non-hydrogen) atoms. The van der Waals surface area contributed by atoms with Crippen LogP contribution < -0.4 is 16.2 Å². The van der Waals surface area contributed by atoms with Crippen LogP contribution >= 0.6 is 0 Å². The third-order valence-electron chi connectivity index (χ3n) is 7.69. The molecule has 0 aliphatic heterocycles. The predicted molar refractivity (Wildman–Crippen MR) is 163 cm³/mol. The monoisotopic (exact) mass is 516 g/mol. The highest BCUT2D eigenvalue weighted by Gasteiger charge is 2.20. The number of nitrogens with two attached hydrogens (primary N) is 1. The highest BCUT2D eigenvalue weighted by molar-refractivity contribution is 6.12. The van der Waals surface area contributed by atoms with Crippen LogP contribution in [0.15, 0.2) is 109 Å². The number of fused-ring (bicyclic) bond motifs is 7. The average molecular weight is 517 g/mol. The Hall–Kier alpha value is -5.49. The van der Waals surface area contributed by atoms with E-state index < -0.39 is 0 Å². The van der Waals surface area contributed by atoms with Crippen LogP contribution in [0.5, 0.6) is 0 Å². The number of para-hydroxylation sites is 2. The largest absolute Gasteiger partial charge is 0.404 e. The lowest BCUT2D eigenvalue weighted by atomic mass is 10.2. The highest BCUT2D eigenvalue weighted by atomic mass is 15.1. The van der Waals surface area contributed by atoms with Gasteiger partial charge in [0.2, 0.25) is 0 Å². The lowest BCUT2D eigenvalue weighted by Crippen LogP contribution is -2.25. The summed E-state index contributed by atoms with van der Waals surface area (Å²) in [5.74, 6) is 0.824. The zero-order valence-electron chi connectivity index (χ0n) is 21.6. The third-order valence-corrected chi connectivity index (χ3v) is 7.69. The zero-order valence-corrected chi connectivity index (χ0v) is 21.6. The van der Waals surface area contributed by atoms with Crippen molar-refractivity contribution in [2.24, 2.45) is 5.73 Å². The Balaban J connectivity index is 1.44. The van der Waals surface area contributed by atoms with E-state index in [-0.39, 0.29) is 0 Å². The number of hydrogen-bond acceptors (Lipinski definition) is 4. The van der Waals surface area contributed by atoms with Gasteiger partial charge >= 0.3 is 0 Å². The maximum Gasteiger partial charge on any atom is 0.166 e. The summed E-state index contributed by atoms with van der Waals surface area (Å²) in [6, 6.07) is 35.2. The fourth-order valence-electron chi connectivity index (χ4n) is 5.78. The topological polar surface area (TPSA) is 74.6 Å². The molecule has 0 unspecified atom stereocenters. The first kappa shape index (κ1) is 22.5. The maximum atomic E-state index is 5.90. The van der Waals surface area contributed by atoms with Crippen LogP contribution in [-0.4, -0.2) is 24.1 Å². The molecule has 0 saturated carbocycles. The van der Waals surface area contributed by atoms with Crippen molar-refractivity contribution in [1.29, 1.82) is 0 Å². The number of benzene rings is 4. The first-order valence-corrected chi connectivity index (χ1v) is 13.3. The number of nitrogens with zero attached hydrogens (tertiary/aromatic N) is 5. The second kappa shape index (κ2) is 8.78. The van der Waals surface area contributed by atoms with Crippen molar-refractivity contribution in [2.45, 2.75) is 6.54 Å². The Morgan fingerprint density at radius 3 is 2.10 bits per heavy atom. The minimum Gasteiger partial charge on any atom is -0.404 e. The summed E-state index contributed by atoms with van der Waals surface area (Å²) in [6.45, 7) is 0.639. The molecule has 2 N–H and O–H groups in total. The molecule has 4 aromatic carbocycles. The van der Waals surface area contributed by atoms with Gasteiger partial charge in [0.25, 0.3) is 0 Å². The molecular formula is C34H24N6. The molecule has 0 bridgehead atoms. The van der Waals surface area contributed by atoms with Crippen molar-refractivity contribution in [1.82, 2.24) is 24.1 Å². The zero-order chi connectivity index (χ0) is 26.6. The first-order valence-electron chi connectivity index (χ1n) is 13.3. The Morgan fingerprint density at radius 1 is 0.650 bits per heavy atom. The molecule has 4 heterocycles. The van der Waals surface area contributed by atoms with Crippen LogP contribution in [0.3, 0.4) is 0 Å². The smallest absolute Gasteiger partial charge is 0.166 e. The van der Waals surface area contributed by atoms with Crippen LogP contribution in [0.1, 0.15) is 0 Å². The molecule has 6 nitrogen and oxygen atoms in total. The molecule has 8 rings (SSSR count). The van der Waals surface area contributed by atoms with Crippen LogP contribution in [0, 0.1) is 0 Å². The first-order chi connectivity index (χ1) is 19.8. The van der Waals surface area contributed by atoms with E-state index in [1.54, 1.807) is 6.20 Å². The predicted octanol–water partition coefficient (Wildman–Crippen LogP) is 5.41. The van der Waals surface area contributed by atoms with Gasteiger partial charge < -0.3 is 10.3 Å². The van der Waals surface area contributed by atoms with Gasteiger partial charge in [-0.1, -0.05) is 91.0 Å². The lowest BCUT2D eigenvalue weighted by molar-refractivity contribution is 0.916. The van der Waals surface area contributed by atoms with Gasteiger partial charge in [0.15, 0.2) is 11.3 Å². The summed E-state index contributed by atoms with van der Waals surface area (Å²) < 4.78 is 4.37. The molecule has 0 radical (unpaired) electrons. The van der Waals surface area contributed by atoms with Gasteiger partial charge in [0.05, 0.1) is 11.0 Å². The van der Waals surface area contributed by atoms with Gasteiger partial charge in [0, 0.05) is 35.1 Å². The minimum absolute atomic E-state index is 0.639. The van der Waals surface area contributed by atoms with Gasteiger partial charge in [-0.25, -0.2) is 15.0 Å². The van der Waals surface area contributed by atoms with Crippen molar-refractivity contribution >= 4 is 67.2 Å². The van der Waals surface area contributed by atoms with Crippen molar-refractivity contribution in [3.63, 3.8) is 0 Å². The quantitative estimate of drug-likeness (QED) is 0.341. The Kier molecular flexibility index (Phi) is 4.94. The molecule has 0 amide bonds. The van der Waals surface area contributed by atoms with Crippen LogP contribution in [0.25, 0.3) is 73.0 Å². The van der Waals surface area contributed by atoms with E-state index in [4.69, 9.17) is 20.7 Å². The average Bonchev–Trinajstić information content (AvgIpc) is 3.50. The summed E-state index contributed by atoms with van der Waals surface area (Å²) in [5, 5.41) is 6.45. The summed E-state index contributed by atoms with van der Waals surface area (Å²) in [5.41, 5.74) is 11.4. The molecule has 0 aliphatic rings. The number of hydrogen-bond donors (Lipinski definition) is 1. The number of rotatable bonds is 3. The van der Waals surface area contributed by atoms with Gasteiger partial charge in [0.1, 0.15) is 16.9 Å². The standard InChI is InChI=1S/C34H24N6/c35-20-24-11-3-1-9-22(24)17-18-39-28-15-7-5-13-26(28)31-33(39)37-32-27-14-6-8-16-29(27)40(34(32)38-31)30-19-23-10-2-4-12-25(23)21-36-30/h1-17,19-21H,18,35H2/b22-17-,24-20-. The molecule has 0 aliphatic carbocycles. The van der Waals surface area contributed by atoms with E-state index in [0.29, 0.717) is 6.54 Å². The summed E-state index contributed by atoms with van der Waals surface area (Å²) in [6.07, 6.45) is 5.77. The van der Waals surface area contributed by atoms with Crippen molar-refractivity contribution in [3.8, 4) is 5.82 Å². The SMILES string of the molecule is N/C=c1/cccc/c1=C/Cn1c2ccccc2c2nc3c(nc21)c1ccccc1n3-c1cc2ccccc2cn1. The van der Waals surface area contributed by atoms with Crippen LogP contribution in [0.2, 0.25) is 0 Å². The maximum absolute atomic E-state index is 5.90. The van der Waals surface area contributed by atoms with Gasteiger partial charge in [-0.05, 0) is 34.0 Å². The fourth-order valence-corrected chi connectivity index (χ4v) is 5.78. The molecule has 0 saturated heterocycles. The number of pyridine rings is 1. The Bertz CT molecular complexity index is 2380. The molecule has 190 valence electrons. The van der Waals surface area contributed by atoms with E-state index >= 15 is 0 Å². The number of aromatic nitrogens is 5. The van der Waals surface area contributed by atoms with Crippen LogP contribution in [0.4, 0.5) is 0 Å². The molecule has 0 atom stereocenters. The van der Waals surface area contributed by atoms with Crippen molar-refractivity contribution in [3.05, 3.63) is 120 Å². The molecule has 0 spiro atoms. The molecular weight excluding hydrogens is 492 g/mol. The van der Waals surface area contributed by atoms with E-state index in [0.717, 1.165) is 71.2 Å². The second-order valence-electron chi connectivity index (χ2n) is 9.94. The van der Waals surface area contributed by atoms with Gasteiger partial charge in [-0.3, -0.25) is 4.57 Å². The normalized spacial score (nSPS) is 13.0. The minimum atomic E-state index is 0.639. The van der Waals surface area contributed by atoms with Crippen LogP contribution in [-0.2, 0) is 6.54 Å². The van der Waals surface area contributed by atoms with Gasteiger partial charge in [-0.15, -0.1) is 0 Å². The third kappa shape index (κ3) is 3.33. The molecule has 0 fully saturated rings. The van der Waals surface area contributed by atoms with Crippen molar-refractivity contribution in [2.75, 3.05) is 0 Å². The molecule has 8 aromatic rings. The highest BCUT2D eigenvalue weighted by Crippen LogP contribution is 2.34. The molecule has 4 aromatic heterocycles. The summed E-state index contributed by atoms with van der Waals surface area (Å²) >= 11 is 0. The fraction of sp³-hybridized carbons (Fsp3) is 0.0294. The Labute approximate surface area is 229 Å². The van der Waals surface area contributed by atoms with Gasteiger partial charge in [-0.2, -0.15) is 0 Å². The lowest BCUT2D eigenvalue weighted by Gasteiger charge is -2.07. The van der Waals surface area contributed by atoms with Crippen molar-refractivity contribution < 1.29 is 0 Å². The Morgan fingerprint density at radius 2 is 1.27 bits per heavy atom. The van der Waals surface area contributed by atoms with E-state index in [2.05, 4.69) is 94.1 Å². The van der Waals surface area contributed by atoms with E-state index in [9.17, 15) is 0 Å². The summed E-state index contributed by atoms with van der Waals surface area (Å²) in [4.78, 5) is 15.5. The van der Waals surface area contributed by atoms with E-state index in [1.807, 2.05) is 30.5 Å². The second-order valence-corrected chi connectivity index (χ2v) is 9.94.